The first-order valence-electron chi connectivity index (χ1n) is 9.94. The molecule has 0 radical (unpaired) electrons. The maximum absolute atomic E-state index is 13.4. The van der Waals surface area contributed by atoms with E-state index in [9.17, 15) is 13.6 Å². The van der Waals surface area contributed by atoms with Gasteiger partial charge in [0.25, 0.3) is 0 Å². The van der Waals surface area contributed by atoms with Gasteiger partial charge in [-0.2, -0.15) is 0 Å². The van der Waals surface area contributed by atoms with Crippen LogP contribution in [0.1, 0.15) is 41.1 Å². The van der Waals surface area contributed by atoms with Crippen molar-refractivity contribution in [3.05, 3.63) is 82.3 Å². The van der Waals surface area contributed by atoms with Gasteiger partial charge in [-0.05, 0) is 62.2 Å². The van der Waals surface area contributed by atoms with Gasteiger partial charge < -0.3 is 19.3 Å². The molecular weight excluding hydrogens is 418 g/mol. The van der Waals surface area contributed by atoms with Crippen LogP contribution in [0.15, 0.2) is 47.0 Å². The van der Waals surface area contributed by atoms with Crippen LogP contribution in [-0.4, -0.2) is 18.2 Å². The van der Waals surface area contributed by atoms with Gasteiger partial charge in [-0.3, -0.25) is 4.79 Å². The second kappa shape index (κ2) is 10.1. The summed E-state index contributed by atoms with van der Waals surface area (Å²) in [5.74, 6) is -0.511. The standard InChI is InChI=1S/C24H24F2N2O4/c1-14(18-7-8-20(25)21(26)12-18)27-24(29)10-6-17-5-9-22(23(11-17)30-4)31-13-19-15(2)28-32-16(19)3/h5-12,14H,13H2,1-4H3,(H,27,29)/b10-6+. The largest absolute Gasteiger partial charge is 0.493 e. The van der Waals surface area contributed by atoms with Gasteiger partial charge in [-0.1, -0.05) is 17.3 Å². The minimum atomic E-state index is -0.956. The Bertz CT molecular complexity index is 1120. The lowest BCUT2D eigenvalue weighted by Crippen LogP contribution is -2.24. The van der Waals surface area contributed by atoms with E-state index < -0.39 is 17.7 Å². The lowest BCUT2D eigenvalue weighted by molar-refractivity contribution is -0.117. The summed E-state index contributed by atoms with van der Waals surface area (Å²) in [4.78, 5) is 12.2. The first-order valence-corrected chi connectivity index (χ1v) is 9.94. The number of carbonyl (C=O) groups is 1. The zero-order chi connectivity index (χ0) is 23.3. The van der Waals surface area contributed by atoms with E-state index in [1.54, 1.807) is 31.2 Å². The highest BCUT2D eigenvalue weighted by Crippen LogP contribution is 2.30. The molecule has 0 aliphatic carbocycles. The van der Waals surface area contributed by atoms with Gasteiger partial charge in [0, 0.05) is 6.08 Å². The molecule has 1 unspecified atom stereocenters. The molecule has 8 heteroatoms. The number of methoxy groups -OCH3 is 1. The third kappa shape index (κ3) is 5.51. The summed E-state index contributed by atoms with van der Waals surface area (Å²) >= 11 is 0. The Kier molecular flexibility index (Phi) is 7.25. The molecule has 168 valence electrons. The fourth-order valence-electron chi connectivity index (χ4n) is 3.06. The molecule has 1 amide bonds. The number of hydrogen-bond acceptors (Lipinski definition) is 5. The zero-order valence-electron chi connectivity index (χ0n) is 18.2. The molecule has 6 nitrogen and oxygen atoms in total. The van der Waals surface area contributed by atoms with Crippen molar-refractivity contribution >= 4 is 12.0 Å². The van der Waals surface area contributed by atoms with Gasteiger partial charge in [-0.15, -0.1) is 0 Å². The maximum Gasteiger partial charge on any atom is 0.244 e. The number of hydrogen-bond donors (Lipinski definition) is 1. The summed E-state index contributed by atoms with van der Waals surface area (Å²) in [7, 11) is 1.53. The van der Waals surface area contributed by atoms with Gasteiger partial charge in [0.2, 0.25) is 5.91 Å². The van der Waals surface area contributed by atoms with Crippen LogP contribution in [0.25, 0.3) is 6.08 Å². The van der Waals surface area contributed by atoms with Crippen molar-refractivity contribution in [3.8, 4) is 11.5 Å². The number of halogens is 2. The van der Waals surface area contributed by atoms with E-state index in [1.165, 1.54) is 19.3 Å². The molecule has 0 saturated carbocycles. The van der Waals surface area contributed by atoms with E-state index >= 15 is 0 Å². The van der Waals surface area contributed by atoms with Gasteiger partial charge in [0.15, 0.2) is 23.1 Å². The van der Waals surface area contributed by atoms with Crippen molar-refractivity contribution in [2.45, 2.75) is 33.4 Å². The molecular formula is C24H24F2N2O4. The second-order valence-electron chi connectivity index (χ2n) is 7.24. The van der Waals surface area contributed by atoms with E-state index in [1.807, 2.05) is 13.8 Å². The fourth-order valence-corrected chi connectivity index (χ4v) is 3.06. The number of rotatable bonds is 8. The molecule has 1 aromatic heterocycles. The molecule has 1 heterocycles. The molecule has 0 bridgehead atoms. The molecule has 0 aliphatic heterocycles. The molecule has 2 aromatic carbocycles. The molecule has 0 aliphatic rings. The number of carbonyl (C=O) groups excluding carboxylic acids is 1. The summed E-state index contributed by atoms with van der Waals surface area (Å²) in [5.41, 5.74) is 2.83. The quantitative estimate of drug-likeness (QED) is 0.495. The number of amides is 1. The van der Waals surface area contributed by atoms with Gasteiger partial charge >= 0.3 is 0 Å². The third-order valence-corrected chi connectivity index (χ3v) is 4.97. The number of nitrogens with one attached hydrogen (secondary N) is 1. The second-order valence-corrected chi connectivity index (χ2v) is 7.24. The van der Waals surface area contributed by atoms with Crippen LogP contribution in [0.3, 0.4) is 0 Å². The van der Waals surface area contributed by atoms with Crippen LogP contribution in [0, 0.1) is 25.5 Å². The Labute approximate surface area is 184 Å². The predicted octanol–water partition coefficient (Wildman–Crippen LogP) is 5.05. The molecule has 3 rings (SSSR count). The average molecular weight is 442 g/mol. The summed E-state index contributed by atoms with van der Waals surface area (Å²) in [6, 6.07) is 8.31. The van der Waals surface area contributed by atoms with Crippen molar-refractivity contribution in [2.75, 3.05) is 7.11 Å². The molecule has 3 aromatic rings. The van der Waals surface area contributed by atoms with Crippen LogP contribution >= 0.6 is 0 Å². The monoisotopic (exact) mass is 442 g/mol. The summed E-state index contributed by atoms with van der Waals surface area (Å²) in [6.45, 7) is 5.64. The lowest BCUT2D eigenvalue weighted by Gasteiger charge is -2.13. The number of benzene rings is 2. The Morgan fingerprint density at radius 1 is 1.16 bits per heavy atom. The molecule has 0 fully saturated rings. The topological polar surface area (TPSA) is 73.6 Å². The smallest absolute Gasteiger partial charge is 0.244 e. The molecule has 32 heavy (non-hydrogen) atoms. The number of aromatic nitrogens is 1. The Balaban J connectivity index is 1.63. The molecule has 1 atom stereocenters. The SMILES string of the molecule is COc1cc(/C=C/C(=O)NC(C)c2ccc(F)c(F)c2)ccc1OCc1c(C)noc1C. The van der Waals surface area contributed by atoms with Crippen molar-refractivity contribution < 1.29 is 27.6 Å². The minimum Gasteiger partial charge on any atom is -0.493 e. The number of ether oxygens (including phenoxy) is 2. The highest BCUT2D eigenvalue weighted by atomic mass is 19.2. The van der Waals surface area contributed by atoms with E-state index in [4.69, 9.17) is 14.0 Å². The third-order valence-electron chi connectivity index (χ3n) is 4.97. The van der Waals surface area contributed by atoms with Crippen LogP contribution in [0.5, 0.6) is 11.5 Å². The predicted molar refractivity (Wildman–Crippen MR) is 115 cm³/mol. The highest BCUT2D eigenvalue weighted by Gasteiger charge is 2.13. The van der Waals surface area contributed by atoms with E-state index in [2.05, 4.69) is 10.5 Å². The molecule has 0 spiro atoms. The minimum absolute atomic E-state index is 0.289. The van der Waals surface area contributed by atoms with Crippen molar-refractivity contribution in [1.29, 1.82) is 0 Å². The Hall–Kier alpha value is -3.68. The van der Waals surface area contributed by atoms with Gasteiger partial charge in [0.05, 0.1) is 24.4 Å². The summed E-state index contributed by atoms with van der Waals surface area (Å²) in [6.07, 6.45) is 2.98. The van der Waals surface area contributed by atoms with Crippen molar-refractivity contribution in [3.63, 3.8) is 0 Å². The maximum atomic E-state index is 13.4. The Morgan fingerprint density at radius 2 is 1.94 bits per heavy atom. The van der Waals surface area contributed by atoms with Crippen LogP contribution in [-0.2, 0) is 11.4 Å². The molecule has 0 saturated heterocycles. The van der Waals surface area contributed by atoms with Crippen molar-refractivity contribution in [1.82, 2.24) is 10.5 Å². The highest BCUT2D eigenvalue weighted by molar-refractivity contribution is 5.92. The Morgan fingerprint density at radius 3 is 2.59 bits per heavy atom. The van der Waals surface area contributed by atoms with Gasteiger partial charge in [0.1, 0.15) is 12.4 Å². The van der Waals surface area contributed by atoms with Crippen LogP contribution in [0.2, 0.25) is 0 Å². The first kappa shape index (κ1) is 23.0. The summed E-state index contributed by atoms with van der Waals surface area (Å²) < 4.78 is 42.9. The number of nitrogens with zero attached hydrogens (tertiary/aromatic N) is 1. The molecule has 1 N–H and O–H groups in total. The lowest BCUT2D eigenvalue weighted by atomic mass is 10.1. The van der Waals surface area contributed by atoms with E-state index in [-0.39, 0.29) is 12.5 Å². The fraction of sp³-hybridized carbons (Fsp3) is 0.250. The van der Waals surface area contributed by atoms with Crippen molar-refractivity contribution in [2.24, 2.45) is 0 Å². The normalized spacial score (nSPS) is 12.1. The van der Waals surface area contributed by atoms with E-state index in [0.717, 1.165) is 29.0 Å². The average Bonchev–Trinajstić information content (AvgIpc) is 3.10. The van der Waals surface area contributed by atoms with Gasteiger partial charge in [-0.25, -0.2) is 8.78 Å². The summed E-state index contributed by atoms with van der Waals surface area (Å²) in [5, 5.41) is 6.62. The first-order chi connectivity index (χ1) is 15.3. The zero-order valence-corrected chi connectivity index (χ0v) is 18.2. The van der Waals surface area contributed by atoms with Crippen LogP contribution < -0.4 is 14.8 Å². The van der Waals surface area contributed by atoms with E-state index in [0.29, 0.717) is 22.8 Å². The van der Waals surface area contributed by atoms with Crippen LogP contribution in [0.4, 0.5) is 8.78 Å². The number of aryl methyl sites for hydroxylation is 2.